The smallest absolute Gasteiger partial charge is 0.264 e. The molecular weight excluding hydrogens is 569 g/mol. The van der Waals surface area contributed by atoms with Crippen molar-refractivity contribution in [3.8, 4) is 0 Å². The molecule has 214 valence electrons. The molecule has 0 unspecified atom stereocenters. The van der Waals surface area contributed by atoms with Gasteiger partial charge < -0.3 is 10.2 Å². The Kier molecular flexibility index (Phi) is 9.93. The van der Waals surface area contributed by atoms with E-state index in [0.29, 0.717) is 21.3 Å². The molecule has 0 saturated heterocycles. The van der Waals surface area contributed by atoms with Crippen molar-refractivity contribution in [2.75, 3.05) is 10.8 Å². The van der Waals surface area contributed by atoms with Gasteiger partial charge in [-0.2, -0.15) is 0 Å². The fraction of sp³-hybridized carbons (Fsp3) is 0.333. The summed E-state index contributed by atoms with van der Waals surface area (Å²) < 4.78 is 28.9. The van der Waals surface area contributed by atoms with E-state index in [0.717, 1.165) is 15.4 Å². The molecule has 0 aliphatic carbocycles. The Morgan fingerprint density at radius 3 is 1.98 bits per heavy atom. The molecule has 0 bridgehead atoms. The van der Waals surface area contributed by atoms with Crippen LogP contribution in [0, 0.1) is 13.8 Å². The van der Waals surface area contributed by atoms with Crippen molar-refractivity contribution in [1.29, 1.82) is 0 Å². The van der Waals surface area contributed by atoms with Crippen LogP contribution in [0.25, 0.3) is 0 Å². The molecule has 0 aromatic heterocycles. The van der Waals surface area contributed by atoms with Crippen molar-refractivity contribution in [1.82, 2.24) is 10.2 Å². The lowest BCUT2D eigenvalue weighted by Gasteiger charge is -2.34. The molecule has 1 N–H and O–H groups in total. The van der Waals surface area contributed by atoms with E-state index in [1.807, 2.05) is 40.7 Å². The number of benzene rings is 3. The number of carbonyl (C=O) groups excluding carboxylic acids is 2. The van der Waals surface area contributed by atoms with Crippen molar-refractivity contribution >= 4 is 50.7 Å². The summed E-state index contributed by atoms with van der Waals surface area (Å²) in [6.45, 7) is 10.2. The topological polar surface area (TPSA) is 86.8 Å². The number of nitrogens with zero attached hydrogens (tertiary/aromatic N) is 2. The molecule has 0 heterocycles. The first-order chi connectivity index (χ1) is 18.6. The highest BCUT2D eigenvalue weighted by Gasteiger charge is 2.34. The lowest BCUT2D eigenvalue weighted by atomic mass is 10.1. The maximum absolute atomic E-state index is 14.1. The molecule has 3 aromatic rings. The fourth-order valence-electron chi connectivity index (χ4n) is 4.25. The molecule has 3 rings (SSSR count). The second kappa shape index (κ2) is 12.6. The first kappa shape index (κ1) is 31.5. The van der Waals surface area contributed by atoms with Crippen molar-refractivity contribution < 1.29 is 18.0 Å². The second-order valence-electron chi connectivity index (χ2n) is 10.8. The van der Waals surface area contributed by atoms with Gasteiger partial charge in [-0.25, -0.2) is 8.42 Å². The van der Waals surface area contributed by atoms with E-state index < -0.39 is 40.0 Å². The highest BCUT2D eigenvalue weighted by molar-refractivity contribution is 7.92. The SMILES string of the molecule is Cc1cc(C)cc(N(CC(=O)N(Cc2c(Cl)cccc2Cl)[C@@H](C)C(=O)NC(C)(C)C)S(=O)(=O)c2ccccc2)c1. The van der Waals surface area contributed by atoms with Gasteiger partial charge in [0.1, 0.15) is 12.6 Å². The number of amides is 2. The number of aryl methyl sites for hydroxylation is 2. The summed E-state index contributed by atoms with van der Waals surface area (Å²) >= 11 is 12.9. The third-order valence-corrected chi connectivity index (χ3v) is 8.66. The molecule has 0 saturated carbocycles. The zero-order valence-corrected chi connectivity index (χ0v) is 25.9. The predicted molar refractivity (Wildman–Crippen MR) is 161 cm³/mol. The van der Waals surface area contributed by atoms with E-state index in [1.54, 1.807) is 55.5 Å². The molecule has 10 heteroatoms. The maximum Gasteiger partial charge on any atom is 0.264 e. The molecule has 7 nitrogen and oxygen atoms in total. The summed E-state index contributed by atoms with van der Waals surface area (Å²) in [4.78, 5) is 28.6. The number of carbonyl (C=O) groups is 2. The third kappa shape index (κ3) is 7.77. The lowest BCUT2D eigenvalue weighted by molar-refractivity contribution is -0.140. The Bertz CT molecular complexity index is 1450. The Labute approximate surface area is 247 Å². The van der Waals surface area contributed by atoms with Crippen molar-refractivity contribution in [3.05, 3.63) is 93.5 Å². The van der Waals surface area contributed by atoms with Crippen molar-refractivity contribution in [2.45, 2.75) is 64.6 Å². The average Bonchev–Trinajstić information content (AvgIpc) is 2.85. The number of anilines is 1. The summed E-state index contributed by atoms with van der Waals surface area (Å²) in [5.41, 5.74) is 1.93. The molecule has 0 radical (unpaired) electrons. The zero-order valence-electron chi connectivity index (χ0n) is 23.5. The van der Waals surface area contributed by atoms with E-state index in [9.17, 15) is 18.0 Å². The van der Waals surface area contributed by atoms with E-state index >= 15 is 0 Å². The highest BCUT2D eigenvalue weighted by Crippen LogP contribution is 2.29. The van der Waals surface area contributed by atoms with Crippen LogP contribution >= 0.6 is 23.2 Å². The van der Waals surface area contributed by atoms with E-state index in [4.69, 9.17) is 23.2 Å². The normalized spacial score (nSPS) is 12.5. The van der Waals surface area contributed by atoms with Gasteiger partial charge in [0, 0.05) is 27.7 Å². The fourth-order valence-corrected chi connectivity index (χ4v) is 6.19. The van der Waals surface area contributed by atoms with Crippen LogP contribution in [0.1, 0.15) is 44.4 Å². The summed E-state index contributed by atoms with van der Waals surface area (Å²) in [6, 6.07) is 17.3. The summed E-state index contributed by atoms with van der Waals surface area (Å²) in [5, 5.41) is 3.56. The first-order valence-corrected chi connectivity index (χ1v) is 15.0. The van der Waals surface area contributed by atoms with Gasteiger partial charge in [-0.3, -0.25) is 13.9 Å². The summed E-state index contributed by atoms with van der Waals surface area (Å²) in [7, 11) is -4.15. The summed E-state index contributed by atoms with van der Waals surface area (Å²) in [5.74, 6) is -0.987. The van der Waals surface area contributed by atoms with Crippen LogP contribution in [0.15, 0.2) is 71.6 Å². The first-order valence-electron chi connectivity index (χ1n) is 12.8. The Morgan fingerprint density at radius 2 is 1.45 bits per heavy atom. The monoisotopic (exact) mass is 603 g/mol. The van der Waals surface area contributed by atoms with Crippen LogP contribution in [-0.4, -0.2) is 43.3 Å². The van der Waals surface area contributed by atoms with Crippen LogP contribution in [0.3, 0.4) is 0 Å². The molecule has 3 aromatic carbocycles. The largest absolute Gasteiger partial charge is 0.350 e. The minimum Gasteiger partial charge on any atom is -0.350 e. The van der Waals surface area contributed by atoms with Crippen LogP contribution in [0.5, 0.6) is 0 Å². The number of rotatable bonds is 9. The number of nitrogens with one attached hydrogen (secondary N) is 1. The molecular formula is C30H35Cl2N3O4S. The molecule has 0 aliphatic heterocycles. The van der Waals surface area contributed by atoms with E-state index in [1.165, 1.54) is 17.0 Å². The predicted octanol–water partition coefficient (Wildman–Crippen LogP) is 6.14. The molecule has 1 atom stereocenters. The average molecular weight is 605 g/mol. The minimum absolute atomic E-state index is 0.0428. The molecule has 40 heavy (non-hydrogen) atoms. The van der Waals surface area contributed by atoms with Gasteiger partial charge in [-0.05, 0) is 89.1 Å². The van der Waals surface area contributed by atoms with Crippen LogP contribution in [0.4, 0.5) is 5.69 Å². The molecule has 0 fully saturated rings. The van der Waals surface area contributed by atoms with Gasteiger partial charge in [0.25, 0.3) is 10.0 Å². The summed E-state index contributed by atoms with van der Waals surface area (Å²) in [6.07, 6.45) is 0. The van der Waals surface area contributed by atoms with Gasteiger partial charge in [-0.1, -0.05) is 53.5 Å². The Morgan fingerprint density at radius 1 is 0.900 bits per heavy atom. The molecule has 0 aliphatic rings. The molecule has 2 amide bonds. The van der Waals surface area contributed by atoms with Gasteiger partial charge in [-0.15, -0.1) is 0 Å². The van der Waals surface area contributed by atoms with Crippen LogP contribution < -0.4 is 9.62 Å². The van der Waals surface area contributed by atoms with Gasteiger partial charge in [0.05, 0.1) is 10.6 Å². The number of halogens is 2. The number of sulfonamides is 1. The third-order valence-electron chi connectivity index (χ3n) is 6.16. The van der Waals surface area contributed by atoms with E-state index in [-0.39, 0.29) is 11.4 Å². The van der Waals surface area contributed by atoms with Crippen LogP contribution in [0.2, 0.25) is 10.0 Å². The highest BCUT2D eigenvalue weighted by atomic mass is 35.5. The van der Waals surface area contributed by atoms with Crippen molar-refractivity contribution in [3.63, 3.8) is 0 Å². The lowest BCUT2D eigenvalue weighted by Crippen LogP contribution is -2.54. The number of hydrogen-bond donors (Lipinski definition) is 1. The van der Waals surface area contributed by atoms with Crippen LogP contribution in [-0.2, 0) is 26.2 Å². The van der Waals surface area contributed by atoms with Crippen molar-refractivity contribution in [2.24, 2.45) is 0 Å². The van der Waals surface area contributed by atoms with E-state index in [2.05, 4.69) is 5.32 Å². The number of hydrogen-bond acceptors (Lipinski definition) is 4. The van der Waals surface area contributed by atoms with Gasteiger partial charge >= 0.3 is 0 Å². The van der Waals surface area contributed by atoms with Gasteiger partial charge in [0.15, 0.2) is 0 Å². The maximum atomic E-state index is 14.1. The zero-order chi connectivity index (χ0) is 29.8. The Hall–Kier alpha value is -3.07. The second-order valence-corrected chi connectivity index (χ2v) is 13.5. The Balaban J connectivity index is 2.10. The van der Waals surface area contributed by atoms with Gasteiger partial charge in [0.2, 0.25) is 11.8 Å². The standard InChI is InChI=1S/C30H35Cl2N3O4S/c1-20-15-21(2)17-23(16-20)35(40(38,39)24-11-8-7-9-12-24)19-28(36)34(22(3)29(37)33-30(4,5)6)18-25-26(31)13-10-14-27(25)32/h7-17,22H,18-19H2,1-6H3,(H,33,37)/t22-/m0/s1. The molecule has 0 spiro atoms. The quantitative estimate of drug-likeness (QED) is 0.318. The minimum atomic E-state index is -4.15.